The summed E-state index contributed by atoms with van der Waals surface area (Å²) in [6.07, 6.45) is 3.80. The molecule has 0 saturated carbocycles. The van der Waals surface area contributed by atoms with Crippen molar-refractivity contribution < 1.29 is 4.79 Å². The SMILES string of the molecule is CC(CCc1ccccc1)NC(=O)c1cccn1C. The van der Waals surface area contributed by atoms with Gasteiger partial charge in [-0.05, 0) is 37.5 Å². The average Bonchev–Trinajstić information content (AvgIpc) is 2.84. The first-order valence-corrected chi connectivity index (χ1v) is 6.63. The van der Waals surface area contributed by atoms with Crippen molar-refractivity contribution in [2.45, 2.75) is 25.8 Å². The lowest BCUT2D eigenvalue weighted by molar-refractivity contribution is 0.0930. The molecular weight excluding hydrogens is 236 g/mol. The molecule has 0 bridgehead atoms. The van der Waals surface area contributed by atoms with E-state index in [4.69, 9.17) is 0 Å². The summed E-state index contributed by atoms with van der Waals surface area (Å²) in [4.78, 5) is 12.0. The van der Waals surface area contributed by atoms with E-state index in [-0.39, 0.29) is 11.9 Å². The first kappa shape index (κ1) is 13.4. The molecule has 0 saturated heterocycles. The number of carbonyl (C=O) groups excluding carboxylic acids is 1. The summed E-state index contributed by atoms with van der Waals surface area (Å²) < 4.78 is 1.83. The number of amides is 1. The molecule has 1 aromatic heterocycles. The second-order valence-corrected chi connectivity index (χ2v) is 4.90. The molecule has 3 heteroatoms. The third kappa shape index (κ3) is 3.71. The summed E-state index contributed by atoms with van der Waals surface area (Å²) in [6, 6.07) is 14.2. The molecule has 1 unspecified atom stereocenters. The van der Waals surface area contributed by atoms with E-state index in [2.05, 4.69) is 17.4 Å². The smallest absolute Gasteiger partial charge is 0.268 e. The van der Waals surface area contributed by atoms with Crippen LogP contribution in [-0.2, 0) is 13.5 Å². The molecule has 1 amide bonds. The maximum absolute atomic E-state index is 12.0. The van der Waals surface area contributed by atoms with Gasteiger partial charge in [0.05, 0.1) is 0 Å². The highest BCUT2D eigenvalue weighted by atomic mass is 16.2. The molecule has 0 aliphatic heterocycles. The van der Waals surface area contributed by atoms with Crippen molar-refractivity contribution in [3.63, 3.8) is 0 Å². The largest absolute Gasteiger partial charge is 0.348 e. The van der Waals surface area contributed by atoms with E-state index in [0.717, 1.165) is 12.8 Å². The Morgan fingerprint density at radius 2 is 1.95 bits per heavy atom. The number of nitrogens with one attached hydrogen (secondary N) is 1. The number of carbonyl (C=O) groups is 1. The summed E-state index contributed by atoms with van der Waals surface area (Å²) in [6.45, 7) is 2.05. The number of nitrogens with zero attached hydrogens (tertiary/aromatic N) is 1. The van der Waals surface area contributed by atoms with Crippen LogP contribution in [-0.4, -0.2) is 16.5 Å². The summed E-state index contributed by atoms with van der Waals surface area (Å²) in [5.41, 5.74) is 2.01. The van der Waals surface area contributed by atoms with E-state index < -0.39 is 0 Å². The molecule has 0 radical (unpaired) electrons. The number of aromatic nitrogens is 1. The van der Waals surface area contributed by atoms with Gasteiger partial charge in [-0.15, -0.1) is 0 Å². The molecule has 0 aliphatic carbocycles. The predicted octanol–water partition coefficient (Wildman–Crippen LogP) is 2.78. The molecule has 1 atom stereocenters. The summed E-state index contributed by atoms with van der Waals surface area (Å²) in [5.74, 6) is -0.00642. The van der Waals surface area contributed by atoms with Crippen molar-refractivity contribution in [2.75, 3.05) is 0 Å². The Hall–Kier alpha value is -2.03. The van der Waals surface area contributed by atoms with Crippen molar-refractivity contribution in [2.24, 2.45) is 7.05 Å². The van der Waals surface area contributed by atoms with Crippen molar-refractivity contribution in [1.82, 2.24) is 9.88 Å². The van der Waals surface area contributed by atoms with Crippen LogP contribution in [0.2, 0.25) is 0 Å². The summed E-state index contributed by atoms with van der Waals surface area (Å²) in [7, 11) is 1.88. The van der Waals surface area contributed by atoms with E-state index in [9.17, 15) is 4.79 Å². The second-order valence-electron chi connectivity index (χ2n) is 4.90. The van der Waals surface area contributed by atoms with Crippen molar-refractivity contribution in [1.29, 1.82) is 0 Å². The maximum atomic E-state index is 12.0. The molecule has 0 spiro atoms. The van der Waals surface area contributed by atoms with E-state index in [1.54, 1.807) is 0 Å². The van der Waals surface area contributed by atoms with Crippen LogP contribution in [0.25, 0.3) is 0 Å². The topological polar surface area (TPSA) is 34.0 Å². The molecule has 100 valence electrons. The van der Waals surface area contributed by atoms with Crippen LogP contribution >= 0.6 is 0 Å². The standard InChI is InChI=1S/C16H20N2O/c1-13(10-11-14-7-4-3-5-8-14)17-16(19)15-9-6-12-18(15)2/h3-9,12-13H,10-11H2,1-2H3,(H,17,19). The highest BCUT2D eigenvalue weighted by Gasteiger charge is 2.11. The third-order valence-corrected chi connectivity index (χ3v) is 3.26. The Kier molecular flexibility index (Phi) is 4.39. The van der Waals surface area contributed by atoms with Crippen LogP contribution in [0.4, 0.5) is 0 Å². The second kappa shape index (κ2) is 6.23. The molecule has 19 heavy (non-hydrogen) atoms. The van der Waals surface area contributed by atoms with Gasteiger partial charge in [0.25, 0.3) is 5.91 Å². The lowest BCUT2D eigenvalue weighted by Crippen LogP contribution is -2.33. The zero-order valence-electron chi connectivity index (χ0n) is 11.5. The molecule has 0 fully saturated rings. The highest BCUT2D eigenvalue weighted by Crippen LogP contribution is 2.06. The minimum Gasteiger partial charge on any atom is -0.348 e. The minimum atomic E-state index is -0.00642. The van der Waals surface area contributed by atoms with E-state index in [1.165, 1.54) is 5.56 Å². The van der Waals surface area contributed by atoms with Gasteiger partial charge in [0, 0.05) is 19.3 Å². The zero-order chi connectivity index (χ0) is 13.7. The van der Waals surface area contributed by atoms with Crippen molar-refractivity contribution >= 4 is 5.91 Å². The fraction of sp³-hybridized carbons (Fsp3) is 0.312. The van der Waals surface area contributed by atoms with Gasteiger partial charge >= 0.3 is 0 Å². The minimum absolute atomic E-state index is 0.00642. The number of hydrogen-bond donors (Lipinski definition) is 1. The normalized spacial score (nSPS) is 12.1. The molecule has 2 aromatic rings. The van der Waals surface area contributed by atoms with Gasteiger partial charge in [-0.25, -0.2) is 0 Å². The van der Waals surface area contributed by atoms with Gasteiger partial charge < -0.3 is 9.88 Å². The average molecular weight is 256 g/mol. The van der Waals surface area contributed by atoms with Gasteiger partial charge in [0.1, 0.15) is 5.69 Å². The fourth-order valence-electron chi connectivity index (χ4n) is 2.09. The molecule has 1 aromatic carbocycles. The molecule has 2 rings (SSSR count). The Morgan fingerprint density at radius 1 is 1.21 bits per heavy atom. The van der Waals surface area contributed by atoms with Gasteiger partial charge in [-0.3, -0.25) is 4.79 Å². The van der Waals surface area contributed by atoms with Crippen LogP contribution in [0, 0.1) is 0 Å². The van der Waals surface area contributed by atoms with Gasteiger partial charge in [0.2, 0.25) is 0 Å². The summed E-state index contributed by atoms with van der Waals surface area (Å²) >= 11 is 0. The van der Waals surface area contributed by atoms with Crippen LogP contribution in [0.1, 0.15) is 29.4 Å². The molecule has 1 heterocycles. The fourth-order valence-corrected chi connectivity index (χ4v) is 2.09. The third-order valence-electron chi connectivity index (χ3n) is 3.26. The predicted molar refractivity (Wildman–Crippen MR) is 77.1 cm³/mol. The molecule has 1 N–H and O–H groups in total. The lowest BCUT2D eigenvalue weighted by Gasteiger charge is -2.14. The van der Waals surface area contributed by atoms with Crippen LogP contribution in [0.3, 0.4) is 0 Å². The van der Waals surface area contributed by atoms with Crippen LogP contribution < -0.4 is 5.32 Å². The molecular formula is C16H20N2O. The van der Waals surface area contributed by atoms with E-state index >= 15 is 0 Å². The van der Waals surface area contributed by atoms with Gasteiger partial charge in [0.15, 0.2) is 0 Å². The summed E-state index contributed by atoms with van der Waals surface area (Å²) in [5, 5.41) is 3.03. The Morgan fingerprint density at radius 3 is 2.58 bits per heavy atom. The van der Waals surface area contributed by atoms with Crippen LogP contribution in [0.15, 0.2) is 48.7 Å². The van der Waals surface area contributed by atoms with Crippen molar-refractivity contribution in [3.05, 3.63) is 59.9 Å². The Labute approximate surface area is 114 Å². The first-order chi connectivity index (χ1) is 9.16. The van der Waals surface area contributed by atoms with Gasteiger partial charge in [-0.2, -0.15) is 0 Å². The highest BCUT2D eigenvalue weighted by molar-refractivity contribution is 5.92. The molecule has 0 aliphatic rings. The van der Waals surface area contributed by atoms with Crippen molar-refractivity contribution in [3.8, 4) is 0 Å². The number of hydrogen-bond acceptors (Lipinski definition) is 1. The van der Waals surface area contributed by atoms with E-state index in [0.29, 0.717) is 5.69 Å². The van der Waals surface area contributed by atoms with Gasteiger partial charge in [-0.1, -0.05) is 30.3 Å². The zero-order valence-corrected chi connectivity index (χ0v) is 11.5. The number of aryl methyl sites for hydroxylation is 2. The number of benzene rings is 1. The Balaban J connectivity index is 1.83. The molecule has 3 nitrogen and oxygen atoms in total. The maximum Gasteiger partial charge on any atom is 0.268 e. The lowest BCUT2D eigenvalue weighted by atomic mass is 10.1. The number of rotatable bonds is 5. The quantitative estimate of drug-likeness (QED) is 0.877. The van der Waals surface area contributed by atoms with Crippen LogP contribution in [0.5, 0.6) is 0 Å². The first-order valence-electron chi connectivity index (χ1n) is 6.63. The monoisotopic (exact) mass is 256 g/mol. The van der Waals surface area contributed by atoms with E-state index in [1.807, 2.05) is 55.1 Å². The Bertz CT molecular complexity index is 531.